The molecule has 2 aromatic heterocycles. The van der Waals surface area contributed by atoms with Gasteiger partial charge >= 0.3 is 11.9 Å². The summed E-state index contributed by atoms with van der Waals surface area (Å²) in [5.41, 5.74) is 4.60. The van der Waals surface area contributed by atoms with Crippen molar-refractivity contribution in [2.45, 2.75) is 6.92 Å². The molecule has 0 aliphatic rings. The molecule has 5 aromatic rings. The van der Waals surface area contributed by atoms with Gasteiger partial charge in [-0.25, -0.2) is 9.59 Å². The number of carboxylic acid groups (broad SMARTS) is 2. The van der Waals surface area contributed by atoms with Crippen molar-refractivity contribution in [3.63, 3.8) is 0 Å². The molecule has 34 heavy (non-hydrogen) atoms. The van der Waals surface area contributed by atoms with Crippen molar-refractivity contribution < 1.29 is 24.5 Å². The van der Waals surface area contributed by atoms with Crippen LogP contribution in [-0.2, 0) is 7.05 Å². The van der Waals surface area contributed by atoms with E-state index in [1.54, 1.807) is 42.8 Å². The van der Waals surface area contributed by atoms with E-state index >= 15 is 0 Å². The number of aryl methyl sites for hydroxylation is 2. The molecule has 2 heterocycles. The number of H-pyrrole nitrogens is 1. The van der Waals surface area contributed by atoms with Crippen LogP contribution < -0.4 is 4.74 Å². The average molecular weight is 476 g/mol. The number of benzene rings is 3. The molecule has 0 amide bonds. The van der Waals surface area contributed by atoms with Gasteiger partial charge < -0.3 is 24.5 Å². The molecule has 0 bridgehead atoms. The molecule has 0 atom stereocenters. The van der Waals surface area contributed by atoms with Crippen molar-refractivity contribution in [3.8, 4) is 22.9 Å². The summed E-state index contributed by atoms with van der Waals surface area (Å²) in [6, 6.07) is 15.8. The Morgan fingerprint density at radius 3 is 2.56 bits per heavy atom. The number of aromatic carboxylic acids is 2. The Labute approximate surface area is 198 Å². The number of halogens is 1. The van der Waals surface area contributed by atoms with Gasteiger partial charge in [0.2, 0.25) is 0 Å². The highest BCUT2D eigenvalue weighted by Crippen LogP contribution is 2.35. The molecule has 0 spiro atoms. The number of aromatic nitrogens is 3. The fraction of sp³-hybridized carbons (Fsp3) is 0.0800. The summed E-state index contributed by atoms with van der Waals surface area (Å²) in [5, 5.41) is 20.0. The van der Waals surface area contributed by atoms with Gasteiger partial charge in [-0.3, -0.25) is 0 Å². The van der Waals surface area contributed by atoms with Crippen molar-refractivity contribution in [2.24, 2.45) is 7.05 Å². The number of hydrogen-bond donors (Lipinski definition) is 3. The lowest BCUT2D eigenvalue weighted by Crippen LogP contribution is -2.03. The minimum absolute atomic E-state index is 0.154. The molecule has 3 N–H and O–H groups in total. The van der Waals surface area contributed by atoms with Crippen LogP contribution in [0.4, 0.5) is 0 Å². The third-order valence-electron chi connectivity index (χ3n) is 5.78. The number of rotatable bonds is 5. The summed E-state index contributed by atoms with van der Waals surface area (Å²) in [4.78, 5) is 30.4. The highest BCUT2D eigenvalue weighted by molar-refractivity contribution is 6.34. The van der Waals surface area contributed by atoms with E-state index in [0.717, 1.165) is 22.0 Å². The molecule has 0 fully saturated rings. The summed E-state index contributed by atoms with van der Waals surface area (Å²) in [6.45, 7) is 1.72. The summed E-state index contributed by atoms with van der Waals surface area (Å²) < 4.78 is 7.39. The first-order valence-corrected chi connectivity index (χ1v) is 10.6. The normalized spacial score (nSPS) is 11.3. The van der Waals surface area contributed by atoms with Crippen LogP contribution in [0.3, 0.4) is 0 Å². The van der Waals surface area contributed by atoms with Gasteiger partial charge in [-0.1, -0.05) is 23.7 Å². The second-order valence-electron chi connectivity index (χ2n) is 7.94. The predicted octanol–water partition coefficient (Wildman–Crippen LogP) is 5.87. The van der Waals surface area contributed by atoms with Crippen LogP contribution in [0, 0.1) is 6.92 Å². The molecule has 0 saturated heterocycles. The first-order valence-electron chi connectivity index (χ1n) is 10.3. The molecular weight excluding hydrogens is 458 g/mol. The van der Waals surface area contributed by atoms with Crippen LogP contribution in [0.1, 0.15) is 26.4 Å². The third kappa shape index (κ3) is 3.64. The van der Waals surface area contributed by atoms with Crippen LogP contribution in [-0.4, -0.2) is 36.7 Å². The zero-order chi connectivity index (χ0) is 24.1. The van der Waals surface area contributed by atoms with Gasteiger partial charge in [0.05, 0.1) is 21.6 Å². The number of ether oxygens (including phenoxy) is 1. The lowest BCUT2D eigenvalue weighted by Gasteiger charge is -2.06. The fourth-order valence-corrected chi connectivity index (χ4v) is 4.28. The molecule has 0 saturated carbocycles. The first kappa shape index (κ1) is 21.5. The predicted molar refractivity (Wildman–Crippen MR) is 128 cm³/mol. The minimum atomic E-state index is -1.03. The van der Waals surface area contributed by atoms with Crippen molar-refractivity contribution in [3.05, 3.63) is 76.4 Å². The second kappa shape index (κ2) is 7.93. The van der Waals surface area contributed by atoms with Gasteiger partial charge in [0, 0.05) is 23.5 Å². The molecule has 0 aliphatic heterocycles. The Morgan fingerprint density at radius 2 is 1.82 bits per heavy atom. The maximum atomic E-state index is 11.5. The fourth-order valence-electron chi connectivity index (χ4n) is 4.01. The molecular formula is C25H18ClN3O5. The van der Waals surface area contributed by atoms with Crippen LogP contribution in [0.2, 0.25) is 5.02 Å². The van der Waals surface area contributed by atoms with Crippen LogP contribution in [0.15, 0.2) is 54.6 Å². The SMILES string of the molecule is Cc1ccc(Oc2nc3cc(-c4ccc5c(c4)cc(C(=O)O)n5C)c(Cl)cc3[nH]2)cc1C(=O)O. The summed E-state index contributed by atoms with van der Waals surface area (Å²) in [7, 11) is 1.71. The van der Waals surface area contributed by atoms with Gasteiger partial charge in [0.15, 0.2) is 0 Å². The van der Waals surface area contributed by atoms with Gasteiger partial charge in [-0.05, 0) is 60.5 Å². The monoisotopic (exact) mass is 475 g/mol. The van der Waals surface area contributed by atoms with E-state index in [2.05, 4.69) is 9.97 Å². The van der Waals surface area contributed by atoms with E-state index in [-0.39, 0.29) is 17.3 Å². The molecule has 3 aromatic carbocycles. The molecule has 8 nitrogen and oxygen atoms in total. The Balaban J connectivity index is 1.52. The average Bonchev–Trinajstić information content (AvgIpc) is 3.33. The smallest absolute Gasteiger partial charge is 0.352 e. The summed E-state index contributed by atoms with van der Waals surface area (Å²) >= 11 is 6.57. The Morgan fingerprint density at radius 1 is 1.03 bits per heavy atom. The van der Waals surface area contributed by atoms with Crippen LogP contribution >= 0.6 is 11.6 Å². The molecule has 9 heteroatoms. The van der Waals surface area contributed by atoms with Crippen molar-refractivity contribution >= 4 is 45.5 Å². The second-order valence-corrected chi connectivity index (χ2v) is 8.35. The Bertz CT molecular complexity index is 1630. The Kier molecular flexibility index (Phi) is 5.02. The third-order valence-corrected chi connectivity index (χ3v) is 6.09. The van der Waals surface area contributed by atoms with E-state index in [4.69, 9.17) is 16.3 Å². The topological polar surface area (TPSA) is 117 Å². The van der Waals surface area contributed by atoms with Gasteiger partial charge in [-0.15, -0.1) is 0 Å². The lowest BCUT2D eigenvalue weighted by atomic mass is 10.0. The molecule has 170 valence electrons. The quantitative estimate of drug-likeness (QED) is 0.292. The Hall–Kier alpha value is -4.30. The van der Waals surface area contributed by atoms with Crippen molar-refractivity contribution in [2.75, 3.05) is 0 Å². The number of carbonyl (C=O) groups is 2. The van der Waals surface area contributed by atoms with Crippen molar-refractivity contribution in [1.29, 1.82) is 0 Å². The molecule has 5 rings (SSSR count). The largest absolute Gasteiger partial charge is 0.478 e. The number of nitrogens with zero attached hydrogens (tertiary/aromatic N) is 2. The first-order chi connectivity index (χ1) is 16.2. The summed E-state index contributed by atoms with van der Waals surface area (Å²) in [6.07, 6.45) is 0. The van der Waals surface area contributed by atoms with Gasteiger partial charge in [0.1, 0.15) is 11.4 Å². The number of imidazole rings is 1. The van der Waals surface area contributed by atoms with Gasteiger partial charge in [-0.2, -0.15) is 4.98 Å². The lowest BCUT2D eigenvalue weighted by molar-refractivity contribution is 0.0679. The van der Waals surface area contributed by atoms with Gasteiger partial charge in [0.25, 0.3) is 6.01 Å². The highest BCUT2D eigenvalue weighted by Gasteiger charge is 2.16. The zero-order valence-corrected chi connectivity index (χ0v) is 18.8. The van der Waals surface area contributed by atoms with Crippen LogP contribution in [0.5, 0.6) is 11.8 Å². The van der Waals surface area contributed by atoms with E-state index in [1.165, 1.54) is 6.07 Å². The number of aromatic amines is 1. The standard InChI is InChI=1S/C25H18ClN3O5/c1-12-3-5-15(9-16(12)23(30)31)34-25-27-19-10-17(18(26)11-20(19)28-25)13-4-6-21-14(7-13)8-22(24(32)33)29(21)2/h3-11H,1-2H3,(H,27,28)(H,30,31)(H,32,33). The number of hydrogen-bond acceptors (Lipinski definition) is 4. The van der Waals surface area contributed by atoms with E-state index in [1.807, 2.05) is 24.3 Å². The van der Waals surface area contributed by atoms with E-state index in [9.17, 15) is 19.8 Å². The maximum absolute atomic E-state index is 11.5. The summed E-state index contributed by atoms with van der Waals surface area (Å²) in [5.74, 6) is -1.68. The zero-order valence-electron chi connectivity index (χ0n) is 18.1. The maximum Gasteiger partial charge on any atom is 0.352 e. The number of carboxylic acids is 2. The molecule has 0 radical (unpaired) electrons. The van der Waals surface area contributed by atoms with Crippen molar-refractivity contribution in [1.82, 2.24) is 14.5 Å². The molecule has 0 unspecified atom stereocenters. The van der Waals surface area contributed by atoms with E-state index < -0.39 is 11.9 Å². The number of fused-ring (bicyclic) bond motifs is 2. The molecule has 0 aliphatic carbocycles. The number of nitrogens with one attached hydrogen (secondary N) is 1. The minimum Gasteiger partial charge on any atom is -0.478 e. The van der Waals surface area contributed by atoms with E-state index in [0.29, 0.717) is 27.4 Å². The highest BCUT2D eigenvalue weighted by atomic mass is 35.5. The van der Waals surface area contributed by atoms with Crippen LogP contribution in [0.25, 0.3) is 33.1 Å².